The molecular formula is C21H24ClFN8. The minimum absolute atomic E-state index is 0.326. The number of rotatable bonds is 7. The molecule has 0 aliphatic carbocycles. The van der Waals surface area contributed by atoms with Gasteiger partial charge in [-0.25, -0.2) is 9.37 Å². The number of nitrogens with one attached hydrogen (secondary N) is 2. The van der Waals surface area contributed by atoms with Gasteiger partial charge in [0.15, 0.2) is 0 Å². The van der Waals surface area contributed by atoms with E-state index in [1.165, 1.54) is 12.1 Å². The maximum atomic E-state index is 13.6. The lowest BCUT2D eigenvalue weighted by Crippen LogP contribution is -2.47. The van der Waals surface area contributed by atoms with Gasteiger partial charge in [-0.2, -0.15) is 15.0 Å². The summed E-state index contributed by atoms with van der Waals surface area (Å²) in [4.78, 5) is 22.3. The molecule has 4 rings (SSSR count). The molecule has 1 aliphatic rings. The van der Waals surface area contributed by atoms with Gasteiger partial charge in [-0.15, -0.1) is 0 Å². The van der Waals surface area contributed by atoms with Crippen LogP contribution in [0.25, 0.3) is 0 Å². The molecule has 162 valence electrons. The normalized spacial score (nSPS) is 13.9. The fourth-order valence-corrected chi connectivity index (χ4v) is 3.54. The van der Waals surface area contributed by atoms with E-state index in [0.717, 1.165) is 31.9 Å². The van der Waals surface area contributed by atoms with Crippen LogP contribution < -0.4 is 20.4 Å². The number of nitrogens with zero attached hydrogens (tertiary/aromatic N) is 6. The van der Waals surface area contributed by atoms with Crippen molar-refractivity contribution in [1.82, 2.24) is 19.9 Å². The van der Waals surface area contributed by atoms with Gasteiger partial charge in [0, 0.05) is 44.6 Å². The van der Waals surface area contributed by atoms with Crippen molar-refractivity contribution in [3.8, 4) is 0 Å². The lowest BCUT2D eigenvalue weighted by molar-refractivity contribution is 0.628. The van der Waals surface area contributed by atoms with E-state index in [1.54, 1.807) is 18.3 Å². The van der Waals surface area contributed by atoms with Crippen molar-refractivity contribution in [2.45, 2.75) is 13.3 Å². The Hall–Kier alpha value is -3.20. The van der Waals surface area contributed by atoms with E-state index in [4.69, 9.17) is 11.6 Å². The molecule has 1 fully saturated rings. The maximum Gasteiger partial charge on any atom is 0.233 e. The number of benzene rings is 1. The van der Waals surface area contributed by atoms with Crippen LogP contribution in [-0.2, 0) is 0 Å². The first kappa shape index (κ1) is 21.0. The molecule has 0 unspecified atom stereocenters. The summed E-state index contributed by atoms with van der Waals surface area (Å²) in [5, 5.41) is 6.93. The highest BCUT2D eigenvalue weighted by molar-refractivity contribution is 6.32. The number of halogens is 2. The second-order valence-corrected chi connectivity index (χ2v) is 7.53. The van der Waals surface area contributed by atoms with E-state index < -0.39 is 0 Å². The lowest BCUT2D eigenvalue weighted by Gasteiger charge is -2.35. The molecule has 2 aromatic heterocycles. The molecule has 1 aliphatic heterocycles. The molecule has 0 bridgehead atoms. The van der Waals surface area contributed by atoms with Gasteiger partial charge in [0.2, 0.25) is 17.8 Å². The first-order valence-electron chi connectivity index (χ1n) is 10.3. The molecule has 0 amide bonds. The first-order valence-corrected chi connectivity index (χ1v) is 10.6. The van der Waals surface area contributed by atoms with Crippen molar-refractivity contribution >= 4 is 41.0 Å². The number of piperazine rings is 1. The summed E-state index contributed by atoms with van der Waals surface area (Å²) in [6.07, 6.45) is 2.69. The molecule has 3 heterocycles. The predicted molar refractivity (Wildman–Crippen MR) is 122 cm³/mol. The Kier molecular flexibility index (Phi) is 6.61. The summed E-state index contributed by atoms with van der Waals surface area (Å²) in [6.45, 7) is 5.73. The molecule has 0 saturated carbocycles. The summed E-state index contributed by atoms with van der Waals surface area (Å²) in [7, 11) is 0. The fraction of sp³-hybridized carbons (Fsp3) is 0.333. The van der Waals surface area contributed by atoms with Crippen LogP contribution in [0.1, 0.15) is 13.3 Å². The van der Waals surface area contributed by atoms with E-state index in [2.05, 4.69) is 47.3 Å². The topological polar surface area (TPSA) is 82.1 Å². The smallest absolute Gasteiger partial charge is 0.233 e. The SMILES string of the molecule is CCCNc1nc(Nc2cccc(F)c2)nc(N2CCN(c3ncccc3Cl)CC2)n1. The lowest BCUT2D eigenvalue weighted by atomic mass is 10.3. The third-order valence-corrected chi connectivity index (χ3v) is 5.13. The zero-order valence-electron chi connectivity index (χ0n) is 17.2. The molecule has 3 aromatic rings. The van der Waals surface area contributed by atoms with E-state index in [0.29, 0.717) is 41.6 Å². The Morgan fingerprint density at radius 3 is 2.52 bits per heavy atom. The van der Waals surface area contributed by atoms with Crippen molar-refractivity contribution in [3.05, 3.63) is 53.4 Å². The molecule has 0 radical (unpaired) electrons. The molecule has 0 spiro atoms. The highest BCUT2D eigenvalue weighted by Crippen LogP contribution is 2.25. The minimum atomic E-state index is -0.326. The molecule has 1 aromatic carbocycles. The van der Waals surface area contributed by atoms with Crippen LogP contribution in [0.5, 0.6) is 0 Å². The van der Waals surface area contributed by atoms with Gasteiger partial charge in [0.05, 0.1) is 5.02 Å². The third-order valence-electron chi connectivity index (χ3n) is 4.84. The number of aromatic nitrogens is 4. The summed E-state index contributed by atoms with van der Waals surface area (Å²) >= 11 is 6.30. The largest absolute Gasteiger partial charge is 0.354 e. The zero-order valence-corrected chi connectivity index (χ0v) is 18.0. The van der Waals surface area contributed by atoms with Gasteiger partial charge in [-0.1, -0.05) is 24.6 Å². The number of anilines is 5. The van der Waals surface area contributed by atoms with Crippen LogP contribution in [0.2, 0.25) is 5.02 Å². The molecule has 0 atom stereocenters. The van der Waals surface area contributed by atoms with Gasteiger partial charge in [-0.3, -0.25) is 0 Å². The second-order valence-electron chi connectivity index (χ2n) is 7.13. The van der Waals surface area contributed by atoms with E-state index in [9.17, 15) is 4.39 Å². The average Bonchev–Trinajstić information content (AvgIpc) is 2.78. The molecule has 2 N–H and O–H groups in total. The summed E-state index contributed by atoms with van der Waals surface area (Å²) in [6, 6.07) is 9.87. The van der Waals surface area contributed by atoms with Crippen molar-refractivity contribution in [2.75, 3.05) is 53.2 Å². The van der Waals surface area contributed by atoms with Crippen LogP contribution in [0.15, 0.2) is 42.6 Å². The number of hydrogen-bond acceptors (Lipinski definition) is 8. The highest BCUT2D eigenvalue weighted by atomic mass is 35.5. The first-order chi connectivity index (χ1) is 15.1. The average molecular weight is 443 g/mol. The van der Waals surface area contributed by atoms with Crippen molar-refractivity contribution in [1.29, 1.82) is 0 Å². The maximum absolute atomic E-state index is 13.6. The Morgan fingerprint density at radius 1 is 1.00 bits per heavy atom. The van der Waals surface area contributed by atoms with Crippen molar-refractivity contribution < 1.29 is 4.39 Å². The van der Waals surface area contributed by atoms with Gasteiger partial charge in [-0.05, 0) is 36.8 Å². The van der Waals surface area contributed by atoms with Crippen LogP contribution >= 0.6 is 11.6 Å². The molecule has 1 saturated heterocycles. The van der Waals surface area contributed by atoms with Gasteiger partial charge < -0.3 is 20.4 Å². The van der Waals surface area contributed by atoms with Crippen molar-refractivity contribution in [3.63, 3.8) is 0 Å². The van der Waals surface area contributed by atoms with Gasteiger partial charge in [0.1, 0.15) is 11.6 Å². The van der Waals surface area contributed by atoms with Crippen LogP contribution in [0.4, 0.5) is 33.7 Å². The number of pyridine rings is 1. The molecule has 8 nitrogen and oxygen atoms in total. The van der Waals surface area contributed by atoms with Gasteiger partial charge in [0.25, 0.3) is 0 Å². The Balaban J connectivity index is 1.52. The van der Waals surface area contributed by atoms with Crippen molar-refractivity contribution in [2.24, 2.45) is 0 Å². The standard InChI is InChI=1S/C21H24ClFN8/c1-2-8-25-19-27-20(26-16-6-3-5-15(23)14-16)29-21(28-19)31-12-10-30(11-13-31)18-17(22)7-4-9-24-18/h3-7,9,14H,2,8,10-13H2,1H3,(H2,25,26,27,28,29). The molecule has 10 heteroatoms. The monoisotopic (exact) mass is 442 g/mol. The third kappa shape index (κ3) is 5.29. The quantitative estimate of drug-likeness (QED) is 0.569. The Labute approximate surface area is 185 Å². The fourth-order valence-electron chi connectivity index (χ4n) is 3.30. The summed E-state index contributed by atoms with van der Waals surface area (Å²) in [5.41, 5.74) is 0.577. The highest BCUT2D eigenvalue weighted by Gasteiger charge is 2.22. The van der Waals surface area contributed by atoms with E-state index in [1.807, 2.05) is 12.1 Å². The van der Waals surface area contributed by atoms with E-state index in [-0.39, 0.29) is 5.82 Å². The predicted octanol–water partition coefficient (Wildman–Crippen LogP) is 3.95. The molecule has 31 heavy (non-hydrogen) atoms. The Bertz CT molecular complexity index is 1030. The second kappa shape index (κ2) is 9.74. The van der Waals surface area contributed by atoms with Crippen LogP contribution in [0.3, 0.4) is 0 Å². The summed E-state index contributed by atoms with van der Waals surface area (Å²) < 4.78 is 13.6. The zero-order chi connectivity index (χ0) is 21.6. The Morgan fingerprint density at radius 2 is 1.77 bits per heavy atom. The van der Waals surface area contributed by atoms with Crippen LogP contribution in [-0.4, -0.2) is 52.7 Å². The number of hydrogen-bond donors (Lipinski definition) is 2. The molecular weight excluding hydrogens is 419 g/mol. The van der Waals surface area contributed by atoms with E-state index >= 15 is 0 Å². The van der Waals surface area contributed by atoms with Gasteiger partial charge >= 0.3 is 0 Å². The minimum Gasteiger partial charge on any atom is -0.354 e. The summed E-state index contributed by atoms with van der Waals surface area (Å²) in [5.74, 6) is 1.88. The van der Waals surface area contributed by atoms with Crippen LogP contribution in [0, 0.1) is 5.82 Å².